The predicted molar refractivity (Wildman–Crippen MR) is 171 cm³/mol. The molecule has 0 bridgehead atoms. The molecule has 4 aromatic rings. The molecule has 1 saturated heterocycles. The highest BCUT2D eigenvalue weighted by Crippen LogP contribution is 2.35. The highest BCUT2D eigenvalue weighted by atomic mass is 32.2. The molecular formula is C32H38FN7O3S. The molecule has 0 unspecified atom stereocenters. The summed E-state index contributed by atoms with van der Waals surface area (Å²) >= 11 is 1.39. The van der Waals surface area contributed by atoms with Crippen molar-refractivity contribution in [3.05, 3.63) is 64.2 Å². The van der Waals surface area contributed by atoms with Crippen molar-refractivity contribution in [2.24, 2.45) is 0 Å². The Morgan fingerprint density at radius 2 is 1.89 bits per heavy atom. The average molecular weight is 620 g/mol. The first kappa shape index (κ1) is 31.4. The number of nitrogens with zero attached hydrogens (tertiary/aromatic N) is 7. The van der Waals surface area contributed by atoms with E-state index in [1.807, 2.05) is 65.7 Å². The third-order valence-electron chi connectivity index (χ3n) is 7.50. The number of halogens is 1. The standard InChI is InChI=1S/C32H38FN7O3S/c1-18(2)24-26(19(3)11-13-34-24)40-28-22(16-23(33)25(36-28)21-10-9-12-35-29(21)44-8)27(37-30(40)41)39-15-14-38(17-20(39)4)31(42)43-32(5,6)7/h9-13,16,18,20H,14-15,17H2,1-8H3/t20-/m0/s1. The number of thioether (sulfide) groups is 1. The monoisotopic (exact) mass is 619 g/mol. The lowest BCUT2D eigenvalue weighted by molar-refractivity contribution is 0.0218. The molecule has 232 valence electrons. The van der Waals surface area contributed by atoms with Crippen molar-refractivity contribution in [1.82, 2.24) is 29.4 Å². The molecular weight excluding hydrogens is 581 g/mol. The van der Waals surface area contributed by atoms with Gasteiger partial charge in [0, 0.05) is 43.6 Å². The van der Waals surface area contributed by atoms with Gasteiger partial charge in [0.2, 0.25) is 0 Å². The van der Waals surface area contributed by atoms with E-state index >= 15 is 4.39 Å². The smallest absolute Gasteiger partial charge is 0.410 e. The number of pyridine rings is 3. The van der Waals surface area contributed by atoms with Gasteiger partial charge in [0.1, 0.15) is 28.0 Å². The molecule has 4 aromatic heterocycles. The fraction of sp³-hybridized carbons (Fsp3) is 0.438. The van der Waals surface area contributed by atoms with Crippen molar-refractivity contribution in [3.63, 3.8) is 0 Å². The van der Waals surface area contributed by atoms with Crippen LogP contribution in [0.15, 0.2) is 46.5 Å². The molecule has 0 spiro atoms. The third kappa shape index (κ3) is 5.99. The Bertz CT molecular complexity index is 1790. The van der Waals surface area contributed by atoms with Crippen LogP contribution < -0.4 is 10.6 Å². The van der Waals surface area contributed by atoms with Crippen LogP contribution in [-0.2, 0) is 4.74 Å². The van der Waals surface area contributed by atoms with Gasteiger partial charge < -0.3 is 14.5 Å². The Morgan fingerprint density at radius 3 is 2.55 bits per heavy atom. The number of aromatic nitrogens is 5. The fourth-order valence-corrected chi connectivity index (χ4v) is 6.05. The quantitative estimate of drug-likeness (QED) is 0.250. The van der Waals surface area contributed by atoms with Gasteiger partial charge in [-0.3, -0.25) is 4.98 Å². The molecule has 1 aliphatic heterocycles. The van der Waals surface area contributed by atoms with Crippen molar-refractivity contribution >= 4 is 34.7 Å². The largest absolute Gasteiger partial charge is 0.444 e. The van der Waals surface area contributed by atoms with Gasteiger partial charge in [0.15, 0.2) is 5.65 Å². The first-order valence-corrected chi connectivity index (χ1v) is 15.9. The molecule has 0 aliphatic carbocycles. The lowest BCUT2D eigenvalue weighted by Gasteiger charge is -2.41. The maximum atomic E-state index is 16.1. The molecule has 5 heterocycles. The summed E-state index contributed by atoms with van der Waals surface area (Å²) in [6.07, 6.45) is 4.84. The summed E-state index contributed by atoms with van der Waals surface area (Å²) in [6.45, 7) is 14.4. The van der Waals surface area contributed by atoms with Crippen molar-refractivity contribution in [2.75, 3.05) is 30.8 Å². The zero-order valence-corrected chi connectivity index (χ0v) is 27.2. The summed E-state index contributed by atoms with van der Waals surface area (Å²) in [6, 6.07) is 6.51. The van der Waals surface area contributed by atoms with E-state index in [1.165, 1.54) is 22.4 Å². The Morgan fingerprint density at radius 1 is 1.14 bits per heavy atom. The highest BCUT2D eigenvalue weighted by Gasteiger charge is 2.33. The van der Waals surface area contributed by atoms with Crippen LogP contribution in [0.25, 0.3) is 28.0 Å². The fourth-order valence-electron chi connectivity index (χ4n) is 5.50. The van der Waals surface area contributed by atoms with Crippen molar-refractivity contribution in [3.8, 4) is 16.9 Å². The van der Waals surface area contributed by atoms with E-state index in [1.54, 1.807) is 29.4 Å². The SMILES string of the molecule is CSc1ncccc1-c1nc2c(cc1F)c(N1CCN(C(=O)OC(C)(C)C)C[C@@H]1C)nc(=O)n2-c1c(C)ccnc1C(C)C. The number of anilines is 1. The number of amides is 1. The van der Waals surface area contributed by atoms with Gasteiger partial charge in [-0.1, -0.05) is 13.8 Å². The van der Waals surface area contributed by atoms with Gasteiger partial charge >= 0.3 is 11.8 Å². The van der Waals surface area contributed by atoms with Gasteiger partial charge in [-0.25, -0.2) is 28.5 Å². The minimum absolute atomic E-state index is 0.00573. The van der Waals surface area contributed by atoms with Crippen LogP contribution >= 0.6 is 11.8 Å². The predicted octanol–water partition coefficient (Wildman–Crippen LogP) is 5.98. The number of fused-ring (bicyclic) bond motifs is 1. The molecule has 0 N–H and O–H groups in total. The second-order valence-corrected chi connectivity index (χ2v) is 13.1. The number of carbonyl (C=O) groups excluding carboxylic acids is 1. The Balaban J connectivity index is 1.73. The van der Waals surface area contributed by atoms with E-state index in [0.29, 0.717) is 52.8 Å². The summed E-state index contributed by atoms with van der Waals surface area (Å²) in [4.78, 5) is 48.9. The summed E-state index contributed by atoms with van der Waals surface area (Å²) in [7, 11) is 0. The Hall–Kier alpha value is -4.06. The van der Waals surface area contributed by atoms with Crippen LogP contribution in [0.5, 0.6) is 0 Å². The molecule has 10 nitrogen and oxygen atoms in total. The first-order chi connectivity index (χ1) is 20.8. The lowest BCUT2D eigenvalue weighted by atomic mass is 10.0. The van der Waals surface area contributed by atoms with Crippen molar-refractivity contribution < 1.29 is 13.9 Å². The van der Waals surface area contributed by atoms with Crippen molar-refractivity contribution in [2.45, 2.75) is 71.1 Å². The second-order valence-electron chi connectivity index (χ2n) is 12.3. The van der Waals surface area contributed by atoms with E-state index in [4.69, 9.17) is 9.72 Å². The number of hydrogen-bond donors (Lipinski definition) is 0. The normalized spacial score (nSPS) is 15.7. The minimum atomic E-state index is -0.621. The number of hydrogen-bond acceptors (Lipinski definition) is 9. The molecule has 44 heavy (non-hydrogen) atoms. The number of carbonyl (C=O) groups is 1. The van der Waals surface area contributed by atoms with Crippen LogP contribution in [-0.4, -0.2) is 73.0 Å². The van der Waals surface area contributed by atoms with E-state index in [9.17, 15) is 9.59 Å². The number of aryl methyl sites for hydroxylation is 1. The molecule has 0 saturated carbocycles. The van der Waals surface area contributed by atoms with E-state index in [-0.39, 0.29) is 23.3 Å². The van der Waals surface area contributed by atoms with E-state index in [0.717, 1.165) is 5.56 Å². The molecule has 12 heteroatoms. The van der Waals surface area contributed by atoms with Crippen LogP contribution in [0, 0.1) is 12.7 Å². The summed E-state index contributed by atoms with van der Waals surface area (Å²) in [5.41, 5.74) is 1.84. The number of ether oxygens (including phenoxy) is 1. The molecule has 1 fully saturated rings. The van der Waals surface area contributed by atoms with Crippen molar-refractivity contribution in [1.29, 1.82) is 0 Å². The molecule has 1 amide bonds. The summed E-state index contributed by atoms with van der Waals surface area (Å²) < 4.78 is 23.1. The van der Waals surface area contributed by atoms with Gasteiger partial charge in [0.05, 0.1) is 16.8 Å². The number of rotatable bonds is 5. The lowest BCUT2D eigenvalue weighted by Crippen LogP contribution is -2.55. The first-order valence-electron chi connectivity index (χ1n) is 14.6. The molecule has 0 aromatic carbocycles. The van der Waals surface area contributed by atoms with Crippen LogP contribution in [0.2, 0.25) is 0 Å². The maximum absolute atomic E-state index is 16.1. The van der Waals surface area contributed by atoms with Gasteiger partial charge in [-0.2, -0.15) is 4.98 Å². The molecule has 5 rings (SSSR count). The van der Waals surface area contributed by atoms with Gasteiger partial charge in [-0.05, 0) is 76.6 Å². The maximum Gasteiger partial charge on any atom is 0.410 e. The highest BCUT2D eigenvalue weighted by molar-refractivity contribution is 7.98. The molecule has 0 radical (unpaired) electrons. The summed E-state index contributed by atoms with van der Waals surface area (Å²) in [5.74, 6) is -0.241. The number of piperazine rings is 1. The van der Waals surface area contributed by atoms with E-state index in [2.05, 4.69) is 15.0 Å². The minimum Gasteiger partial charge on any atom is -0.444 e. The Kier molecular flexibility index (Phi) is 8.66. The van der Waals surface area contributed by atoms with E-state index < -0.39 is 23.2 Å². The Labute approximate surface area is 260 Å². The van der Waals surface area contributed by atoms with Crippen LogP contribution in [0.4, 0.5) is 15.0 Å². The van der Waals surface area contributed by atoms with Crippen LogP contribution in [0.1, 0.15) is 58.7 Å². The average Bonchev–Trinajstić information content (AvgIpc) is 2.96. The van der Waals surface area contributed by atoms with Gasteiger partial charge in [0.25, 0.3) is 0 Å². The van der Waals surface area contributed by atoms with Gasteiger partial charge in [-0.15, -0.1) is 11.8 Å². The second kappa shape index (κ2) is 12.1. The molecule has 1 atom stereocenters. The zero-order chi connectivity index (χ0) is 31.9. The molecule has 1 aliphatic rings. The topological polar surface area (TPSA) is 106 Å². The summed E-state index contributed by atoms with van der Waals surface area (Å²) in [5, 5.41) is 1.00. The zero-order valence-electron chi connectivity index (χ0n) is 26.4. The third-order valence-corrected chi connectivity index (χ3v) is 8.21. The van der Waals surface area contributed by atoms with Crippen LogP contribution in [0.3, 0.4) is 0 Å².